The first kappa shape index (κ1) is 28.6. The maximum Gasteiger partial charge on any atom is 0.0165 e. The average Bonchev–Trinajstić information content (AvgIpc) is 3.43. The fraction of sp³-hybridized carbons (Fsp3) is 0.0588. The molecule has 0 atom stereocenters. The quantitative estimate of drug-likeness (QED) is 0.164. The standard InChI is InChI=1S/C51H34/c1-51(2)48-27-23-34(30-47(48)45-26-25-44-40-19-7-5-17-38(40)39-18-9-10-21-43(39)49(44)50(45)51)32-13-11-12-31(28-32)33-22-24-42-37-16-4-3-14-35(37)36-15-6-8-20-41(36)46(42)29-33/h3-30H,1-2H3. The van der Waals surface area contributed by atoms with Crippen LogP contribution in [0.4, 0.5) is 0 Å². The molecule has 1 aliphatic rings. The van der Waals surface area contributed by atoms with Crippen molar-refractivity contribution in [2.75, 3.05) is 0 Å². The van der Waals surface area contributed by atoms with Gasteiger partial charge < -0.3 is 0 Å². The minimum Gasteiger partial charge on any atom is -0.0616 e. The van der Waals surface area contributed by atoms with E-state index in [4.69, 9.17) is 0 Å². The summed E-state index contributed by atoms with van der Waals surface area (Å²) >= 11 is 0. The van der Waals surface area contributed by atoms with E-state index < -0.39 is 0 Å². The lowest BCUT2D eigenvalue weighted by atomic mass is 9.78. The molecule has 0 unspecified atom stereocenters. The number of fused-ring (bicyclic) bond motifs is 16. The van der Waals surface area contributed by atoms with Crippen molar-refractivity contribution in [3.8, 4) is 33.4 Å². The summed E-state index contributed by atoms with van der Waals surface area (Å²) < 4.78 is 0. The third-order valence-electron chi connectivity index (χ3n) is 11.8. The number of hydrogen-bond donors (Lipinski definition) is 0. The van der Waals surface area contributed by atoms with Gasteiger partial charge in [0.2, 0.25) is 0 Å². The summed E-state index contributed by atoms with van der Waals surface area (Å²) in [5.41, 5.74) is 10.4. The van der Waals surface area contributed by atoms with Crippen LogP contribution in [0.25, 0.3) is 98.0 Å². The van der Waals surface area contributed by atoms with Crippen molar-refractivity contribution in [2.45, 2.75) is 19.3 Å². The van der Waals surface area contributed by atoms with Gasteiger partial charge in [0.15, 0.2) is 0 Å². The Bertz CT molecular complexity index is 3030. The predicted octanol–water partition coefficient (Wildman–Crippen LogP) is 14.2. The molecule has 0 heteroatoms. The van der Waals surface area contributed by atoms with E-state index in [1.54, 1.807) is 0 Å². The Morgan fingerprint density at radius 3 is 1.29 bits per heavy atom. The van der Waals surface area contributed by atoms with E-state index in [-0.39, 0.29) is 5.41 Å². The molecule has 11 rings (SSSR count). The second kappa shape index (κ2) is 10.4. The van der Waals surface area contributed by atoms with Gasteiger partial charge in [-0.25, -0.2) is 0 Å². The van der Waals surface area contributed by atoms with E-state index in [0.717, 1.165) is 0 Å². The van der Waals surface area contributed by atoms with Gasteiger partial charge in [0.1, 0.15) is 0 Å². The fourth-order valence-corrected chi connectivity index (χ4v) is 9.46. The second-order valence-corrected chi connectivity index (χ2v) is 14.8. The van der Waals surface area contributed by atoms with Crippen molar-refractivity contribution in [1.82, 2.24) is 0 Å². The van der Waals surface area contributed by atoms with Gasteiger partial charge in [-0.2, -0.15) is 0 Å². The highest BCUT2D eigenvalue weighted by atomic mass is 14.4. The Balaban J connectivity index is 1.08. The highest BCUT2D eigenvalue weighted by Crippen LogP contribution is 2.54. The van der Waals surface area contributed by atoms with E-state index >= 15 is 0 Å². The maximum atomic E-state index is 2.44. The van der Waals surface area contributed by atoms with Crippen molar-refractivity contribution in [2.24, 2.45) is 0 Å². The predicted molar refractivity (Wildman–Crippen MR) is 220 cm³/mol. The number of benzene rings is 10. The zero-order valence-corrected chi connectivity index (χ0v) is 28.7. The molecule has 0 N–H and O–H groups in total. The monoisotopic (exact) mass is 646 g/mol. The molecule has 0 aromatic heterocycles. The van der Waals surface area contributed by atoms with Crippen LogP contribution in [0, 0.1) is 0 Å². The third-order valence-corrected chi connectivity index (χ3v) is 11.8. The molecule has 0 bridgehead atoms. The van der Waals surface area contributed by atoms with Gasteiger partial charge in [-0.1, -0.05) is 166 Å². The molecule has 0 saturated carbocycles. The molecule has 0 nitrogen and oxygen atoms in total. The minimum absolute atomic E-state index is 0.131. The van der Waals surface area contributed by atoms with Crippen LogP contribution in [-0.4, -0.2) is 0 Å². The zero-order valence-electron chi connectivity index (χ0n) is 28.7. The SMILES string of the molecule is CC1(C)c2ccc(-c3cccc(-c4ccc5c6ccccc6c6ccccc6c5c4)c3)cc2-c2ccc3c4ccccc4c4ccccc4c3c21. The van der Waals surface area contributed by atoms with Crippen LogP contribution in [-0.2, 0) is 5.41 Å². The first-order valence-electron chi connectivity index (χ1n) is 18.0. The van der Waals surface area contributed by atoms with Crippen molar-refractivity contribution in [3.63, 3.8) is 0 Å². The maximum absolute atomic E-state index is 2.44. The molecule has 0 spiro atoms. The van der Waals surface area contributed by atoms with Gasteiger partial charge in [-0.3, -0.25) is 0 Å². The summed E-state index contributed by atoms with van der Waals surface area (Å²) in [7, 11) is 0. The van der Waals surface area contributed by atoms with E-state index in [9.17, 15) is 0 Å². The summed E-state index contributed by atoms with van der Waals surface area (Å²) in [5, 5.41) is 15.9. The van der Waals surface area contributed by atoms with Gasteiger partial charge in [-0.15, -0.1) is 0 Å². The minimum atomic E-state index is -0.131. The Morgan fingerprint density at radius 1 is 0.294 bits per heavy atom. The third kappa shape index (κ3) is 3.96. The molecular formula is C51H34. The van der Waals surface area contributed by atoms with Crippen LogP contribution in [0.5, 0.6) is 0 Å². The summed E-state index contributed by atoms with van der Waals surface area (Å²) in [5.74, 6) is 0. The van der Waals surface area contributed by atoms with E-state index in [2.05, 4.69) is 184 Å². The Kier molecular flexibility index (Phi) is 5.82. The molecule has 0 aliphatic heterocycles. The summed E-state index contributed by atoms with van der Waals surface area (Å²) in [6, 6.07) is 63.5. The lowest BCUT2D eigenvalue weighted by Gasteiger charge is -2.24. The lowest BCUT2D eigenvalue weighted by Crippen LogP contribution is -2.15. The number of rotatable bonds is 2. The summed E-state index contributed by atoms with van der Waals surface area (Å²) in [6.07, 6.45) is 0. The Labute approximate surface area is 297 Å². The normalized spacial score (nSPS) is 13.5. The number of hydrogen-bond acceptors (Lipinski definition) is 0. The van der Waals surface area contributed by atoms with E-state index in [1.165, 1.54) is 109 Å². The average molecular weight is 647 g/mol. The molecule has 0 heterocycles. The first-order valence-corrected chi connectivity index (χ1v) is 18.0. The van der Waals surface area contributed by atoms with Crippen molar-refractivity contribution >= 4 is 64.6 Å². The van der Waals surface area contributed by atoms with Gasteiger partial charge in [0, 0.05) is 5.41 Å². The molecule has 10 aromatic rings. The van der Waals surface area contributed by atoms with Gasteiger partial charge in [0.25, 0.3) is 0 Å². The van der Waals surface area contributed by atoms with Crippen molar-refractivity contribution in [1.29, 1.82) is 0 Å². The molecular weight excluding hydrogens is 613 g/mol. The molecule has 10 aromatic carbocycles. The lowest BCUT2D eigenvalue weighted by molar-refractivity contribution is 0.667. The first-order chi connectivity index (χ1) is 25.1. The topological polar surface area (TPSA) is 0 Å². The molecule has 0 amide bonds. The second-order valence-electron chi connectivity index (χ2n) is 14.8. The largest absolute Gasteiger partial charge is 0.0616 e. The van der Waals surface area contributed by atoms with Crippen molar-refractivity contribution < 1.29 is 0 Å². The van der Waals surface area contributed by atoms with Crippen LogP contribution in [0.2, 0.25) is 0 Å². The van der Waals surface area contributed by atoms with Crippen LogP contribution >= 0.6 is 0 Å². The Morgan fingerprint density at radius 2 is 0.706 bits per heavy atom. The van der Waals surface area contributed by atoms with E-state index in [0.29, 0.717) is 0 Å². The van der Waals surface area contributed by atoms with Crippen LogP contribution in [0.15, 0.2) is 170 Å². The molecule has 51 heavy (non-hydrogen) atoms. The molecule has 0 fully saturated rings. The van der Waals surface area contributed by atoms with E-state index in [1.807, 2.05) is 0 Å². The van der Waals surface area contributed by atoms with Gasteiger partial charge in [0.05, 0.1) is 0 Å². The van der Waals surface area contributed by atoms with Crippen molar-refractivity contribution in [3.05, 3.63) is 181 Å². The molecule has 0 radical (unpaired) electrons. The fourth-order valence-electron chi connectivity index (χ4n) is 9.46. The highest BCUT2D eigenvalue weighted by molar-refractivity contribution is 6.28. The Hall–Kier alpha value is -6.24. The van der Waals surface area contributed by atoms with Crippen LogP contribution in [0.3, 0.4) is 0 Å². The highest BCUT2D eigenvalue weighted by Gasteiger charge is 2.37. The zero-order chi connectivity index (χ0) is 33.8. The molecule has 238 valence electrons. The molecule has 1 aliphatic carbocycles. The summed E-state index contributed by atoms with van der Waals surface area (Å²) in [6.45, 7) is 4.82. The molecule has 0 saturated heterocycles. The smallest absolute Gasteiger partial charge is 0.0165 e. The van der Waals surface area contributed by atoms with Gasteiger partial charge in [-0.05, 0) is 127 Å². The van der Waals surface area contributed by atoms with Crippen LogP contribution in [0.1, 0.15) is 25.0 Å². The van der Waals surface area contributed by atoms with Crippen LogP contribution < -0.4 is 0 Å². The summed E-state index contributed by atoms with van der Waals surface area (Å²) in [4.78, 5) is 0. The van der Waals surface area contributed by atoms with Gasteiger partial charge >= 0.3 is 0 Å².